The van der Waals surface area contributed by atoms with Gasteiger partial charge in [0.2, 0.25) is 0 Å². The van der Waals surface area contributed by atoms with Crippen molar-refractivity contribution < 1.29 is 4.74 Å². The van der Waals surface area contributed by atoms with Gasteiger partial charge in [0.15, 0.2) is 0 Å². The molecule has 0 bridgehead atoms. The molecule has 0 radical (unpaired) electrons. The summed E-state index contributed by atoms with van der Waals surface area (Å²) in [5, 5.41) is 3.41. The Morgan fingerprint density at radius 2 is 2.11 bits per heavy atom. The first kappa shape index (κ1) is 14.2. The smallest absolute Gasteiger partial charge is 0.142 e. The Morgan fingerprint density at radius 3 is 2.79 bits per heavy atom. The van der Waals surface area contributed by atoms with Crippen LogP contribution >= 0.6 is 0 Å². The molecule has 1 N–H and O–H groups in total. The van der Waals surface area contributed by atoms with Gasteiger partial charge in [-0.05, 0) is 52.8 Å². The highest BCUT2D eigenvalue weighted by atomic mass is 16.5. The number of anilines is 1. The number of likely N-dealkylation sites (N-methyl/N-ethyl adjacent to an activating group) is 1. The number of hydrogen-bond acceptors (Lipinski definition) is 3. The first-order valence-electron chi connectivity index (χ1n) is 7.25. The largest absolute Gasteiger partial charge is 0.492 e. The highest BCUT2D eigenvalue weighted by Crippen LogP contribution is 2.37. The summed E-state index contributed by atoms with van der Waals surface area (Å²) in [5.74, 6) is 0.995. The average molecular weight is 262 g/mol. The maximum atomic E-state index is 5.79. The van der Waals surface area contributed by atoms with Gasteiger partial charge >= 0.3 is 0 Å². The Kier molecular flexibility index (Phi) is 4.35. The lowest BCUT2D eigenvalue weighted by molar-refractivity contribution is 0.302. The molecule has 1 fully saturated rings. The number of piperidine rings is 1. The summed E-state index contributed by atoms with van der Waals surface area (Å²) in [6, 6.07) is 8.93. The maximum Gasteiger partial charge on any atom is 0.142 e. The maximum absolute atomic E-state index is 5.79. The van der Waals surface area contributed by atoms with E-state index in [9.17, 15) is 0 Å². The van der Waals surface area contributed by atoms with Gasteiger partial charge in [-0.25, -0.2) is 0 Å². The van der Waals surface area contributed by atoms with Gasteiger partial charge in [0, 0.05) is 18.1 Å². The molecule has 0 aromatic heterocycles. The summed E-state index contributed by atoms with van der Waals surface area (Å²) in [7, 11) is 2.05. The zero-order chi connectivity index (χ0) is 13.9. The average Bonchev–Trinajstić information content (AvgIpc) is 2.40. The van der Waals surface area contributed by atoms with E-state index >= 15 is 0 Å². The highest BCUT2D eigenvalue weighted by Gasteiger charge is 2.34. The molecule has 1 saturated heterocycles. The van der Waals surface area contributed by atoms with Gasteiger partial charge in [0.1, 0.15) is 5.75 Å². The summed E-state index contributed by atoms with van der Waals surface area (Å²) >= 11 is 0. The SMILES string of the molecule is CCOc1ccccc1N1CC(NC)CCC1(C)C. The van der Waals surface area contributed by atoms with Crippen LogP contribution in [0.2, 0.25) is 0 Å². The van der Waals surface area contributed by atoms with Crippen LogP contribution in [0.5, 0.6) is 5.75 Å². The monoisotopic (exact) mass is 262 g/mol. The second-order valence-electron chi connectivity index (χ2n) is 5.85. The molecule has 19 heavy (non-hydrogen) atoms. The van der Waals surface area contributed by atoms with Crippen LogP contribution in [0.4, 0.5) is 5.69 Å². The van der Waals surface area contributed by atoms with E-state index in [1.807, 2.05) is 13.0 Å². The van der Waals surface area contributed by atoms with E-state index < -0.39 is 0 Å². The molecule has 0 amide bonds. The standard InChI is InChI=1S/C16H26N2O/c1-5-19-15-9-7-6-8-14(15)18-12-13(17-4)10-11-16(18,2)3/h6-9,13,17H,5,10-12H2,1-4H3. The normalized spacial score (nSPS) is 22.3. The Hall–Kier alpha value is -1.22. The second-order valence-corrected chi connectivity index (χ2v) is 5.85. The lowest BCUT2D eigenvalue weighted by Crippen LogP contribution is -2.55. The third kappa shape index (κ3) is 3.03. The fourth-order valence-electron chi connectivity index (χ4n) is 2.84. The molecule has 1 unspecified atom stereocenters. The molecular formula is C16H26N2O. The van der Waals surface area contributed by atoms with Crippen LogP contribution in [-0.2, 0) is 0 Å². The number of para-hydroxylation sites is 2. The van der Waals surface area contributed by atoms with Gasteiger partial charge in [-0.3, -0.25) is 0 Å². The van der Waals surface area contributed by atoms with E-state index in [-0.39, 0.29) is 5.54 Å². The van der Waals surface area contributed by atoms with Crippen molar-refractivity contribution in [3.63, 3.8) is 0 Å². The van der Waals surface area contributed by atoms with Crippen molar-refractivity contribution in [2.75, 3.05) is 25.1 Å². The molecule has 2 rings (SSSR count). The molecular weight excluding hydrogens is 236 g/mol. The third-order valence-corrected chi connectivity index (χ3v) is 4.10. The van der Waals surface area contributed by atoms with Gasteiger partial charge in [-0.1, -0.05) is 12.1 Å². The van der Waals surface area contributed by atoms with Crippen molar-refractivity contribution in [3.05, 3.63) is 24.3 Å². The quantitative estimate of drug-likeness (QED) is 0.902. The van der Waals surface area contributed by atoms with Gasteiger partial charge in [-0.2, -0.15) is 0 Å². The fraction of sp³-hybridized carbons (Fsp3) is 0.625. The van der Waals surface area contributed by atoms with Crippen LogP contribution in [-0.4, -0.2) is 31.8 Å². The molecule has 3 nitrogen and oxygen atoms in total. The predicted octanol–water partition coefficient (Wildman–Crippen LogP) is 3.05. The van der Waals surface area contributed by atoms with E-state index in [0.29, 0.717) is 12.6 Å². The molecule has 3 heteroatoms. The van der Waals surface area contributed by atoms with Crippen LogP contribution < -0.4 is 15.0 Å². The third-order valence-electron chi connectivity index (χ3n) is 4.10. The van der Waals surface area contributed by atoms with Gasteiger partial charge < -0.3 is 15.0 Å². The fourth-order valence-corrected chi connectivity index (χ4v) is 2.84. The summed E-state index contributed by atoms with van der Waals surface area (Å²) < 4.78 is 5.79. The topological polar surface area (TPSA) is 24.5 Å². The molecule has 0 spiro atoms. The lowest BCUT2D eigenvalue weighted by Gasteiger charge is -2.47. The Labute approximate surface area is 116 Å². The van der Waals surface area contributed by atoms with Crippen molar-refractivity contribution in [1.82, 2.24) is 5.32 Å². The second kappa shape index (κ2) is 5.83. The zero-order valence-corrected chi connectivity index (χ0v) is 12.6. The number of rotatable bonds is 4. The summed E-state index contributed by atoms with van der Waals surface area (Å²) in [6.07, 6.45) is 2.43. The number of benzene rings is 1. The minimum Gasteiger partial charge on any atom is -0.492 e. The van der Waals surface area contributed by atoms with E-state index in [4.69, 9.17) is 4.74 Å². The van der Waals surface area contributed by atoms with E-state index in [0.717, 1.165) is 12.3 Å². The van der Waals surface area contributed by atoms with Crippen molar-refractivity contribution in [3.8, 4) is 5.75 Å². The molecule has 1 atom stereocenters. The number of hydrogen-bond donors (Lipinski definition) is 1. The first-order chi connectivity index (χ1) is 9.08. The molecule has 1 aliphatic rings. The minimum atomic E-state index is 0.181. The van der Waals surface area contributed by atoms with Crippen molar-refractivity contribution in [2.45, 2.75) is 45.2 Å². The lowest BCUT2D eigenvalue weighted by atomic mass is 9.87. The van der Waals surface area contributed by atoms with Crippen LogP contribution in [0.3, 0.4) is 0 Å². The van der Waals surface area contributed by atoms with Crippen molar-refractivity contribution >= 4 is 5.69 Å². The Morgan fingerprint density at radius 1 is 1.37 bits per heavy atom. The number of nitrogens with zero attached hydrogens (tertiary/aromatic N) is 1. The molecule has 1 aromatic rings. The van der Waals surface area contributed by atoms with Crippen LogP contribution in [0, 0.1) is 0 Å². The molecule has 0 saturated carbocycles. The van der Waals surface area contributed by atoms with Gasteiger partial charge in [-0.15, -0.1) is 0 Å². The van der Waals surface area contributed by atoms with Gasteiger partial charge in [0.25, 0.3) is 0 Å². The summed E-state index contributed by atoms with van der Waals surface area (Å²) in [4.78, 5) is 2.49. The van der Waals surface area contributed by atoms with E-state index in [1.54, 1.807) is 0 Å². The molecule has 1 aromatic carbocycles. The van der Waals surface area contributed by atoms with Crippen LogP contribution in [0.25, 0.3) is 0 Å². The van der Waals surface area contributed by atoms with Gasteiger partial charge in [0.05, 0.1) is 12.3 Å². The van der Waals surface area contributed by atoms with Crippen molar-refractivity contribution in [1.29, 1.82) is 0 Å². The predicted molar refractivity (Wildman–Crippen MR) is 81.1 cm³/mol. The van der Waals surface area contributed by atoms with Crippen molar-refractivity contribution in [2.24, 2.45) is 0 Å². The summed E-state index contributed by atoms with van der Waals surface area (Å²) in [6.45, 7) is 8.42. The summed E-state index contributed by atoms with van der Waals surface area (Å²) in [5.41, 5.74) is 1.40. The van der Waals surface area contributed by atoms with Crippen LogP contribution in [0.1, 0.15) is 33.6 Å². The molecule has 1 heterocycles. The number of nitrogens with one attached hydrogen (secondary N) is 1. The van der Waals surface area contributed by atoms with Crippen LogP contribution in [0.15, 0.2) is 24.3 Å². The molecule has 106 valence electrons. The minimum absolute atomic E-state index is 0.181. The van der Waals surface area contributed by atoms with E-state index in [2.05, 4.69) is 49.3 Å². The Balaban J connectivity index is 2.31. The van der Waals surface area contributed by atoms with E-state index in [1.165, 1.54) is 18.5 Å². The zero-order valence-electron chi connectivity index (χ0n) is 12.6. The molecule has 0 aliphatic carbocycles. The molecule has 1 aliphatic heterocycles. The first-order valence-corrected chi connectivity index (χ1v) is 7.25. The Bertz CT molecular complexity index is 417. The number of ether oxygens (including phenoxy) is 1. The highest BCUT2D eigenvalue weighted by molar-refractivity contribution is 5.60.